The van der Waals surface area contributed by atoms with E-state index in [0.29, 0.717) is 22.5 Å². The van der Waals surface area contributed by atoms with Gasteiger partial charge in [-0.2, -0.15) is 0 Å². The number of hydrogen-bond acceptors (Lipinski definition) is 8. The van der Waals surface area contributed by atoms with Gasteiger partial charge in [-0.25, -0.2) is 18.4 Å². The molecular weight excluding hydrogens is 539 g/mol. The van der Waals surface area contributed by atoms with Crippen LogP contribution in [0.15, 0.2) is 77.7 Å². The van der Waals surface area contributed by atoms with Gasteiger partial charge in [-0.05, 0) is 48.9 Å². The van der Waals surface area contributed by atoms with Crippen molar-refractivity contribution in [3.63, 3.8) is 0 Å². The van der Waals surface area contributed by atoms with Gasteiger partial charge in [-0.3, -0.25) is 9.52 Å². The molecule has 1 heterocycles. The van der Waals surface area contributed by atoms with Crippen molar-refractivity contribution in [1.29, 1.82) is 0 Å². The number of amides is 1. The molecule has 0 bridgehead atoms. The zero-order chi connectivity index (χ0) is 25.9. The van der Waals surface area contributed by atoms with Gasteiger partial charge in [0.15, 0.2) is 17.7 Å². The first kappa shape index (κ1) is 27.9. The number of aromatic nitrogens is 2. The summed E-state index contributed by atoms with van der Waals surface area (Å²) >= 11 is 5.73. The number of nitrogens with two attached hydrogens (primary N) is 2. The number of carbonyl (C=O) groups excluding carboxylic acids is 1. The van der Waals surface area contributed by atoms with Crippen molar-refractivity contribution < 1.29 is 17.9 Å². The molecule has 0 unspecified atom stereocenters. The van der Waals surface area contributed by atoms with E-state index in [4.69, 9.17) is 27.8 Å². The van der Waals surface area contributed by atoms with Crippen molar-refractivity contribution >= 4 is 68.3 Å². The smallest absolute Gasteiger partial charge is 0.263 e. The number of para-hydroxylation sites is 4. The molecule has 0 fully saturated rings. The molecule has 0 radical (unpaired) electrons. The Morgan fingerprint density at radius 3 is 2.27 bits per heavy atom. The van der Waals surface area contributed by atoms with Gasteiger partial charge in [0.25, 0.3) is 10.0 Å². The highest BCUT2D eigenvalue weighted by Gasteiger charge is 2.30. The zero-order valence-corrected chi connectivity index (χ0v) is 21.9. The topological polar surface area (TPSA) is 162 Å². The third-order valence-corrected chi connectivity index (χ3v) is 6.85. The highest BCUT2D eigenvalue weighted by atomic mass is 35.5. The van der Waals surface area contributed by atoms with Crippen molar-refractivity contribution in [3.05, 3.63) is 78.4 Å². The van der Waals surface area contributed by atoms with Crippen LogP contribution in [0.25, 0.3) is 11.0 Å². The van der Waals surface area contributed by atoms with E-state index in [-0.39, 0.29) is 40.6 Å². The number of ether oxygens (including phenoxy) is 1. The van der Waals surface area contributed by atoms with Gasteiger partial charge in [-0.15, -0.1) is 12.4 Å². The van der Waals surface area contributed by atoms with Crippen molar-refractivity contribution in [2.45, 2.75) is 17.4 Å². The van der Waals surface area contributed by atoms with Crippen LogP contribution < -0.4 is 26.2 Å². The predicted molar refractivity (Wildman–Crippen MR) is 146 cm³/mol. The van der Waals surface area contributed by atoms with Crippen LogP contribution in [0.3, 0.4) is 0 Å². The number of benzene rings is 3. The number of nitrogens with zero attached hydrogens (tertiary/aromatic N) is 2. The van der Waals surface area contributed by atoms with Crippen LogP contribution in [0.2, 0.25) is 0 Å². The van der Waals surface area contributed by atoms with Gasteiger partial charge in [0.2, 0.25) is 5.91 Å². The first-order valence-corrected chi connectivity index (χ1v) is 12.7. The van der Waals surface area contributed by atoms with Crippen LogP contribution in [0.5, 0.6) is 5.75 Å². The van der Waals surface area contributed by atoms with Crippen molar-refractivity contribution in [3.8, 4) is 5.75 Å². The quantitative estimate of drug-likeness (QED) is 0.223. The van der Waals surface area contributed by atoms with E-state index >= 15 is 0 Å². The number of alkyl halides is 1. The Morgan fingerprint density at radius 1 is 1.00 bits per heavy atom. The zero-order valence-electron chi connectivity index (χ0n) is 19.5. The van der Waals surface area contributed by atoms with E-state index in [2.05, 4.69) is 20.0 Å². The number of nitrogens with one attached hydrogen (secondary N) is 2. The molecule has 13 heteroatoms. The lowest BCUT2D eigenvalue weighted by Crippen LogP contribution is -2.46. The van der Waals surface area contributed by atoms with Crippen molar-refractivity contribution in [2.24, 2.45) is 11.5 Å². The summed E-state index contributed by atoms with van der Waals surface area (Å²) < 4.78 is 34.6. The van der Waals surface area contributed by atoms with Gasteiger partial charge in [0.1, 0.15) is 11.3 Å². The largest absolute Gasteiger partial charge is 0.476 e. The molecule has 0 aliphatic rings. The summed E-state index contributed by atoms with van der Waals surface area (Å²) in [5.74, 6) is -0.266. The minimum Gasteiger partial charge on any atom is -0.476 e. The molecular formula is C24H24Cl2N6O4S. The summed E-state index contributed by atoms with van der Waals surface area (Å²) in [6, 6.07) is 19.6. The summed E-state index contributed by atoms with van der Waals surface area (Å²) in [6.45, 7) is 1.41. The lowest BCUT2D eigenvalue weighted by atomic mass is 9.93. The molecule has 4 aromatic rings. The Balaban J connectivity index is 0.00000380. The molecule has 1 atom stereocenters. The van der Waals surface area contributed by atoms with Gasteiger partial charge >= 0.3 is 0 Å². The molecule has 4 rings (SSSR count). The SMILES string of the molecule is C[C@@](N)(C(N)=O)c1cccc(S(=O)(=O)Nc2nc3ccccc3nc2Nc2ccccc2OCCl)c1.Cl. The molecule has 0 saturated heterocycles. The molecule has 1 aromatic heterocycles. The van der Waals surface area contributed by atoms with E-state index in [0.717, 1.165) is 0 Å². The fourth-order valence-corrected chi connectivity index (χ4v) is 4.53. The Kier molecular flexibility index (Phi) is 8.44. The number of fused-ring (bicyclic) bond motifs is 1. The highest BCUT2D eigenvalue weighted by molar-refractivity contribution is 7.92. The van der Waals surface area contributed by atoms with Crippen LogP contribution in [0.1, 0.15) is 12.5 Å². The molecule has 1 amide bonds. The van der Waals surface area contributed by atoms with E-state index in [1.54, 1.807) is 48.5 Å². The lowest BCUT2D eigenvalue weighted by molar-refractivity contribution is -0.122. The van der Waals surface area contributed by atoms with E-state index < -0.39 is 21.5 Å². The average molecular weight is 563 g/mol. The maximum absolute atomic E-state index is 13.4. The number of halogens is 2. The molecule has 194 valence electrons. The summed E-state index contributed by atoms with van der Waals surface area (Å²) in [5, 5.41) is 3.08. The molecule has 6 N–H and O–H groups in total. The number of carbonyl (C=O) groups is 1. The second-order valence-electron chi connectivity index (χ2n) is 7.98. The molecule has 10 nitrogen and oxygen atoms in total. The third-order valence-electron chi connectivity index (χ3n) is 5.41. The normalized spacial score (nSPS) is 12.7. The first-order valence-electron chi connectivity index (χ1n) is 10.7. The second-order valence-corrected chi connectivity index (χ2v) is 9.88. The van der Waals surface area contributed by atoms with Gasteiger partial charge < -0.3 is 21.5 Å². The van der Waals surface area contributed by atoms with Gasteiger partial charge in [-0.1, -0.05) is 48.0 Å². The van der Waals surface area contributed by atoms with E-state index in [9.17, 15) is 13.2 Å². The lowest BCUT2D eigenvalue weighted by Gasteiger charge is -2.21. The third kappa shape index (κ3) is 6.03. The number of primary amides is 1. The summed E-state index contributed by atoms with van der Waals surface area (Å²) in [6.07, 6.45) is 0. The Bertz CT molecular complexity index is 1550. The van der Waals surface area contributed by atoms with Crippen LogP contribution in [0, 0.1) is 0 Å². The Hall–Kier alpha value is -3.64. The summed E-state index contributed by atoms with van der Waals surface area (Å²) in [4.78, 5) is 20.7. The number of rotatable bonds is 9. The van der Waals surface area contributed by atoms with Crippen LogP contribution in [0.4, 0.5) is 17.3 Å². The molecule has 3 aromatic carbocycles. The summed E-state index contributed by atoms with van der Waals surface area (Å²) in [7, 11) is -4.18. The second kappa shape index (κ2) is 11.2. The fourth-order valence-electron chi connectivity index (χ4n) is 3.36. The summed E-state index contributed by atoms with van der Waals surface area (Å²) in [5.41, 5.74) is 11.6. The fraction of sp³-hybridized carbons (Fsp3) is 0.125. The Labute approximate surface area is 224 Å². The highest BCUT2D eigenvalue weighted by Crippen LogP contribution is 2.32. The molecule has 0 aliphatic heterocycles. The van der Waals surface area contributed by atoms with Crippen LogP contribution in [-0.4, -0.2) is 30.4 Å². The molecule has 0 saturated carbocycles. The van der Waals surface area contributed by atoms with Crippen molar-refractivity contribution in [1.82, 2.24) is 9.97 Å². The maximum atomic E-state index is 13.4. The molecule has 0 spiro atoms. The Morgan fingerprint density at radius 2 is 1.62 bits per heavy atom. The monoisotopic (exact) mass is 562 g/mol. The van der Waals surface area contributed by atoms with Crippen LogP contribution >= 0.6 is 24.0 Å². The molecule has 37 heavy (non-hydrogen) atoms. The van der Waals surface area contributed by atoms with E-state index in [1.807, 2.05) is 0 Å². The van der Waals surface area contributed by atoms with Crippen LogP contribution in [-0.2, 0) is 20.4 Å². The standard InChI is InChI=1S/C24H23ClN6O4S.ClH/c1-24(27,23(26)32)15-7-6-8-16(13-15)36(33,34)31-22-21(28-17-9-2-3-10-18(17)29-22)30-19-11-4-5-12-20(19)35-14-25;/h2-13H,14,27H2,1H3,(H2,26,32)(H,28,30)(H,29,31);1H/t24-;/m0./s1. The number of sulfonamides is 1. The first-order chi connectivity index (χ1) is 17.1. The minimum atomic E-state index is -4.18. The number of hydrogen-bond donors (Lipinski definition) is 4. The number of anilines is 3. The van der Waals surface area contributed by atoms with Gasteiger partial charge in [0, 0.05) is 0 Å². The maximum Gasteiger partial charge on any atom is 0.263 e. The minimum absolute atomic E-state index is 0. The average Bonchev–Trinajstić information content (AvgIpc) is 2.85. The van der Waals surface area contributed by atoms with Gasteiger partial charge in [0.05, 0.1) is 21.6 Å². The van der Waals surface area contributed by atoms with E-state index in [1.165, 1.54) is 31.2 Å². The predicted octanol–water partition coefficient (Wildman–Crippen LogP) is 3.83. The van der Waals surface area contributed by atoms with Crippen molar-refractivity contribution in [2.75, 3.05) is 16.1 Å². The molecule has 0 aliphatic carbocycles.